The van der Waals surface area contributed by atoms with Gasteiger partial charge in [-0.05, 0) is 25.7 Å². The number of nitrogens with zero attached hydrogens (tertiary/aromatic N) is 2. The minimum atomic E-state index is -2.64. The zero-order valence-corrected chi connectivity index (χ0v) is 14.8. The van der Waals surface area contributed by atoms with Crippen molar-refractivity contribution in [1.82, 2.24) is 4.90 Å². The second-order valence-electron chi connectivity index (χ2n) is 8.56. The van der Waals surface area contributed by atoms with Gasteiger partial charge in [0.25, 0.3) is 0 Å². The van der Waals surface area contributed by atoms with Crippen molar-refractivity contribution in [3.8, 4) is 6.07 Å². The SMILES string of the molecule is CC1(C)C[C@]2(C=C(C#N)C1=O)CCN(C(=O)C1CCC(F)(F)CC1)C2. The molecule has 1 heterocycles. The van der Waals surface area contributed by atoms with Crippen molar-refractivity contribution in [3.63, 3.8) is 0 Å². The van der Waals surface area contributed by atoms with E-state index in [1.165, 1.54) is 0 Å². The fourth-order valence-electron chi connectivity index (χ4n) is 4.72. The molecule has 2 aliphatic carbocycles. The summed E-state index contributed by atoms with van der Waals surface area (Å²) < 4.78 is 26.6. The van der Waals surface area contributed by atoms with Crippen LogP contribution in [0.3, 0.4) is 0 Å². The fourth-order valence-corrected chi connectivity index (χ4v) is 4.72. The van der Waals surface area contributed by atoms with Gasteiger partial charge >= 0.3 is 0 Å². The van der Waals surface area contributed by atoms with Crippen LogP contribution in [0.15, 0.2) is 11.6 Å². The molecule has 136 valence electrons. The highest BCUT2D eigenvalue weighted by Crippen LogP contribution is 2.48. The van der Waals surface area contributed by atoms with Gasteiger partial charge < -0.3 is 4.90 Å². The Kier molecular flexibility index (Phi) is 4.25. The molecule has 0 unspecified atom stereocenters. The van der Waals surface area contributed by atoms with Gasteiger partial charge in [0.05, 0.1) is 5.57 Å². The van der Waals surface area contributed by atoms with Crippen LogP contribution >= 0.6 is 0 Å². The van der Waals surface area contributed by atoms with Crippen LogP contribution in [-0.2, 0) is 9.59 Å². The van der Waals surface area contributed by atoms with E-state index in [9.17, 15) is 23.6 Å². The smallest absolute Gasteiger partial charge is 0.248 e. The van der Waals surface area contributed by atoms with E-state index in [1.807, 2.05) is 19.9 Å². The number of ketones is 1. The summed E-state index contributed by atoms with van der Waals surface area (Å²) in [7, 11) is 0. The molecule has 0 N–H and O–H groups in total. The number of hydrogen-bond acceptors (Lipinski definition) is 3. The Hall–Kier alpha value is -1.77. The number of nitriles is 1. The quantitative estimate of drug-likeness (QED) is 0.727. The molecule has 1 atom stereocenters. The van der Waals surface area contributed by atoms with Gasteiger partial charge in [0.2, 0.25) is 11.8 Å². The van der Waals surface area contributed by atoms with Gasteiger partial charge in [0, 0.05) is 42.7 Å². The molecule has 3 aliphatic rings. The van der Waals surface area contributed by atoms with Crippen molar-refractivity contribution in [2.45, 2.75) is 58.3 Å². The Balaban J connectivity index is 1.73. The molecule has 6 heteroatoms. The molecule has 1 spiro atoms. The normalized spacial score (nSPS) is 31.7. The second kappa shape index (κ2) is 5.89. The van der Waals surface area contributed by atoms with E-state index in [1.54, 1.807) is 11.0 Å². The number of carbonyl (C=O) groups excluding carboxylic acids is 2. The van der Waals surface area contributed by atoms with E-state index >= 15 is 0 Å². The third kappa shape index (κ3) is 3.33. The largest absolute Gasteiger partial charge is 0.342 e. The first-order valence-corrected chi connectivity index (χ1v) is 8.92. The van der Waals surface area contributed by atoms with E-state index in [4.69, 9.17) is 0 Å². The number of alkyl halides is 2. The first kappa shape index (κ1) is 18.0. The molecule has 1 saturated heterocycles. The number of hydrogen-bond donors (Lipinski definition) is 0. The van der Waals surface area contributed by atoms with Gasteiger partial charge in [-0.1, -0.05) is 19.9 Å². The van der Waals surface area contributed by atoms with E-state index in [2.05, 4.69) is 0 Å². The summed E-state index contributed by atoms with van der Waals surface area (Å²) >= 11 is 0. The third-order valence-corrected chi connectivity index (χ3v) is 5.99. The molecule has 2 fully saturated rings. The number of likely N-dealkylation sites (tertiary alicyclic amines) is 1. The third-order valence-electron chi connectivity index (χ3n) is 5.99. The summed E-state index contributed by atoms with van der Waals surface area (Å²) in [6, 6.07) is 2.00. The van der Waals surface area contributed by atoms with Gasteiger partial charge in [-0.2, -0.15) is 5.26 Å². The number of Topliss-reactive ketones (excluding diaryl/α,β-unsaturated/α-hetero) is 1. The zero-order valence-electron chi connectivity index (χ0n) is 14.8. The zero-order chi connectivity index (χ0) is 18.5. The molecular weight excluding hydrogens is 326 g/mol. The summed E-state index contributed by atoms with van der Waals surface area (Å²) in [6.07, 6.45) is 3.10. The molecule has 0 aromatic carbocycles. The molecule has 25 heavy (non-hydrogen) atoms. The van der Waals surface area contributed by atoms with Crippen LogP contribution < -0.4 is 0 Å². The van der Waals surface area contributed by atoms with Gasteiger partial charge in [0.15, 0.2) is 5.78 Å². The lowest BCUT2D eigenvalue weighted by molar-refractivity contribution is -0.139. The van der Waals surface area contributed by atoms with Gasteiger partial charge in [0.1, 0.15) is 6.07 Å². The molecule has 1 saturated carbocycles. The molecule has 0 aromatic rings. The molecule has 0 bridgehead atoms. The molecule has 0 radical (unpaired) electrons. The summed E-state index contributed by atoms with van der Waals surface area (Å²) in [5, 5.41) is 9.27. The standard InChI is InChI=1S/C19H24F2N2O2/c1-17(2)11-18(9-14(10-22)15(17)24)7-8-23(12-18)16(25)13-3-5-19(20,21)6-4-13/h9,13H,3-8,11-12H2,1-2H3/t18-/m1/s1. The fraction of sp³-hybridized carbons (Fsp3) is 0.737. The van der Waals surface area contributed by atoms with Crippen molar-refractivity contribution in [1.29, 1.82) is 5.26 Å². The van der Waals surface area contributed by atoms with Crippen LogP contribution in [0.25, 0.3) is 0 Å². The predicted molar refractivity (Wildman–Crippen MR) is 87.6 cm³/mol. The Morgan fingerprint density at radius 3 is 2.52 bits per heavy atom. The Morgan fingerprint density at radius 2 is 1.92 bits per heavy atom. The summed E-state index contributed by atoms with van der Waals surface area (Å²) in [4.78, 5) is 26.8. The highest BCUT2D eigenvalue weighted by Gasteiger charge is 2.49. The van der Waals surface area contributed by atoms with Crippen molar-refractivity contribution in [2.75, 3.05) is 13.1 Å². The van der Waals surface area contributed by atoms with Crippen LogP contribution in [0.4, 0.5) is 8.78 Å². The number of amides is 1. The number of rotatable bonds is 1. The first-order chi connectivity index (χ1) is 11.6. The Bertz CT molecular complexity index is 667. The first-order valence-electron chi connectivity index (χ1n) is 8.92. The van der Waals surface area contributed by atoms with E-state index in [0.29, 0.717) is 25.9 Å². The van der Waals surface area contributed by atoms with Crippen LogP contribution in [-0.4, -0.2) is 35.6 Å². The average Bonchev–Trinajstić information content (AvgIpc) is 2.93. The van der Waals surface area contributed by atoms with Crippen LogP contribution in [0.1, 0.15) is 52.4 Å². The Labute approximate surface area is 146 Å². The van der Waals surface area contributed by atoms with Crippen LogP contribution in [0.5, 0.6) is 0 Å². The molecule has 3 rings (SSSR count). The maximum absolute atomic E-state index is 13.3. The van der Waals surface area contributed by atoms with Crippen molar-refractivity contribution >= 4 is 11.7 Å². The monoisotopic (exact) mass is 350 g/mol. The van der Waals surface area contributed by atoms with Gasteiger partial charge in [-0.25, -0.2) is 8.78 Å². The molecule has 0 aromatic heterocycles. The molecule has 4 nitrogen and oxygen atoms in total. The minimum Gasteiger partial charge on any atom is -0.342 e. The molecule has 1 aliphatic heterocycles. The van der Waals surface area contributed by atoms with E-state index in [-0.39, 0.29) is 54.3 Å². The summed E-state index contributed by atoms with van der Waals surface area (Å²) in [5.41, 5.74) is -0.787. The van der Waals surface area contributed by atoms with E-state index in [0.717, 1.165) is 0 Å². The summed E-state index contributed by atoms with van der Waals surface area (Å²) in [6.45, 7) is 4.72. The van der Waals surface area contributed by atoms with Gasteiger partial charge in [-0.3, -0.25) is 9.59 Å². The highest BCUT2D eigenvalue weighted by molar-refractivity contribution is 6.03. The lowest BCUT2D eigenvalue weighted by Crippen LogP contribution is -2.42. The maximum atomic E-state index is 13.3. The van der Waals surface area contributed by atoms with Crippen molar-refractivity contribution < 1.29 is 18.4 Å². The summed E-state index contributed by atoms with van der Waals surface area (Å²) in [5.74, 6) is -3.15. The van der Waals surface area contributed by atoms with Crippen molar-refractivity contribution in [3.05, 3.63) is 11.6 Å². The minimum absolute atomic E-state index is 0.0472. The number of allylic oxidation sites excluding steroid dienone is 1. The Morgan fingerprint density at radius 1 is 1.28 bits per heavy atom. The molecular formula is C19H24F2N2O2. The average molecular weight is 350 g/mol. The predicted octanol–water partition coefficient (Wildman–Crippen LogP) is 3.48. The second-order valence-corrected chi connectivity index (χ2v) is 8.56. The lowest BCUT2D eigenvalue weighted by Gasteiger charge is -2.39. The number of halogens is 2. The van der Waals surface area contributed by atoms with Crippen molar-refractivity contribution in [2.24, 2.45) is 16.7 Å². The topological polar surface area (TPSA) is 61.2 Å². The lowest BCUT2D eigenvalue weighted by atomic mass is 9.64. The molecule has 1 amide bonds. The van der Waals surface area contributed by atoms with Crippen LogP contribution in [0.2, 0.25) is 0 Å². The van der Waals surface area contributed by atoms with E-state index < -0.39 is 11.3 Å². The number of carbonyl (C=O) groups is 2. The maximum Gasteiger partial charge on any atom is 0.248 e. The van der Waals surface area contributed by atoms with Gasteiger partial charge in [-0.15, -0.1) is 0 Å². The highest BCUT2D eigenvalue weighted by atomic mass is 19.3. The van der Waals surface area contributed by atoms with Crippen LogP contribution in [0, 0.1) is 28.1 Å².